The Morgan fingerprint density at radius 2 is 1.88 bits per heavy atom. The fourth-order valence-corrected chi connectivity index (χ4v) is 3.91. The van der Waals surface area contributed by atoms with Crippen LogP contribution in [0, 0.1) is 5.92 Å². The van der Waals surface area contributed by atoms with Gasteiger partial charge in [0.25, 0.3) is 0 Å². The highest BCUT2D eigenvalue weighted by molar-refractivity contribution is 5.15. The van der Waals surface area contributed by atoms with Gasteiger partial charge in [-0.15, -0.1) is 5.10 Å². The molecular formula is C19H29N5. The largest absolute Gasteiger partial charge is 0.289 e. The van der Waals surface area contributed by atoms with Crippen molar-refractivity contribution in [2.45, 2.75) is 65.1 Å². The van der Waals surface area contributed by atoms with Gasteiger partial charge in [0.05, 0.1) is 12.1 Å². The first kappa shape index (κ1) is 17.1. The van der Waals surface area contributed by atoms with Crippen molar-refractivity contribution in [3.05, 3.63) is 41.7 Å². The fourth-order valence-electron chi connectivity index (χ4n) is 3.91. The average Bonchev–Trinajstić information content (AvgIpc) is 3.26. The van der Waals surface area contributed by atoms with Crippen molar-refractivity contribution in [2.75, 3.05) is 6.54 Å². The van der Waals surface area contributed by atoms with Crippen LogP contribution < -0.4 is 0 Å². The maximum atomic E-state index is 4.45. The van der Waals surface area contributed by atoms with Crippen LogP contribution in [0.1, 0.15) is 69.9 Å². The Hall–Kier alpha value is -1.75. The summed E-state index contributed by atoms with van der Waals surface area (Å²) in [5.41, 5.74) is 1.34. The highest BCUT2D eigenvalue weighted by Crippen LogP contribution is 2.34. The van der Waals surface area contributed by atoms with Gasteiger partial charge in [0.15, 0.2) is 5.82 Å². The standard InChI is InChI=1S/C19H29N5/c1-4-23(14-16-10-6-5-7-11-16)18(15(2)3)19-20-21-22-24(19)17-12-8-9-13-17/h5-7,10-11,15,17-18H,4,8-9,12-14H2,1-3H3. The molecule has 3 rings (SSSR count). The summed E-state index contributed by atoms with van der Waals surface area (Å²) in [7, 11) is 0. The number of rotatable bonds is 7. The summed E-state index contributed by atoms with van der Waals surface area (Å²) in [6, 6.07) is 11.4. The van der Waals surface area contributed by atoms with Crippen LogP contribution in [-0.4, -0.2) is 31.7 Å². The van der Waals surface area contributed by atoms with Gasteiger partial charge < -0.3 is 0 Å². The molecule has 1 aliphatic rings. The summed E-state index contributed by atoms with van der Waals surface area (Å²) in [6.45, 7) is 8.67. The van der Waals surface area contributed by atoms with E-state index >= 15 is 0 Å². The first-order valence-electron chi connectivity index (χ1n) is 9.26. The van der Waals surface area contributed by atoms with E-state index in [0.717, 1.165) is 18.9 Å². The van der Waals surface area contributed by atoms with Crippen LogP contribution in [-0.2, 0) is 6.54 Å². The second-order valence-corrected chi connectivity index (χ2v) is 7.16. The first-order chi connectivity index (χ1) is 11.7. The minimum absolute atomic E-state index is 0.241. The van der Waals surface area contributed by atoms with Crippen LogP contribution in [0.25, 0.3) is 0 Å². The van der Waals surface area contributed by atoms with Crippen molar-refractivity contribution >= 4 is 0 Å². The zero-order chi connectivity index (χ0) is 16.9. The SMILES string of the molecule is CCN(Cc1ccccc1)C(c1nnnn1C1CCCC1)C(C)C. The number of tetrazole rings is 1. The second kappa shape index (κ2) is 7.88. The van der Waals surface area contributed by atoms with Gasteiger partial charge in [0.2, 0.25) is 0 Å². The van der Waals surface area contributed by atoms with Crippen LogP contribution in [0.3, 0.4) is 0 Å². The molecule has 24 heavy (non-hydrogen) atoms. The van der Waals surface area contributed by atoms with Gasteiger partial charge in [0, 0.05) is 6.54 Å². The molecule has 2 aromatic rings. The summed E-state index contributed by atoms with van der Waals surface area (Å²) in [4.78, 5) is 2.50. The minimum Gasteiger partial charge on any atom is -0.289 e. The molecule has 0 bridgehead atoms. The molecule has 0 radical (unpaired) electrons. The van der Waals surface area contributed by atoms with E-state index in [4.69, 9.17) is 0 Å². The van der Waals surface area contributed by atoms with Gasteiger partial charge in [0.1, 0.15) is 0 Å². The Labute approximate surface area is 145 Å². The molecule has 1 aliphatic carbocycles. The van der Waals surface area contributed by atoms with Crippen LogP contribution in [0.4, 0.5) is 0 Å². The first-order valence-corrected chi connectivity index (χ1v) is 9.26. The molecular weight excluding hydrogens is 298 g/mol. The number of hydrogen-bond acceptors (Lipinski definition) is 4. The normalized spacial score (nSPS) is 17.0. The third-order valence-corrected chi connectivity index (χ3v) is 5.11. The van der Waals surface area contributed by atoms with E-state index in [1.54, 1.807) is 0 Å². The lowest BCUT2D eigenvalue weighted by molar-refractivity contribution is 0.139. The number of hydrogen-bond donors (Lipinski definition) is 0. The number of nitrogens with zero attached hydrogens (tertiary/aromatic N) is 5. The van der Waals surface area contributed by atoms with Crippen molar-refractivity contribution in [1.82, 2.24) is 25.1 Å². The van der Waals surface area contributed by atoms with E-state index in [1.807, 2.05) is 0 Å². The summed E-state index contributed by atoms with van der Waals surface area (Å²) < 4.78 is 2.12. The maximum absolute atomic E-state index is 4.45. The van der Waals surface area contributed by atoms with Gasteiger partial charge in [-0.3, -0.25) is 4.90 Å². The Kier molecular flexibility index (Phi) is 5.61. The Balaban J connectivity index is 1.87. The smallest absolute Gasteiger partial charge is 0.168 e. The zero-order valence-electron chi connectivity index (χ0n) is 15.1. The molecule has 1 saturated carbocycles. The van der Waals surface area contributed by atoms with Crippen LogP contribution in [0.5, 0.6) is 0 Å². The topological polar surface area (TPSA) is 46.8 Å². The molecule has 0 aliphatic heterocycles. The molecule has 0 N–H and O–H groups in total. The highest BCUT2D eigenvalue weighted by Gasteiger charge is 2.31. The van der Waals surface area contributed by atoms with Gasteiger partial charge in [-0.1, -0.05) is 63.9 Å². The van der Waals surface area contributed by atoms with Gasteiger partial charge in [-0.2, -0.15) is 0 Å². The molecule has 1 aromatic carbocycles. The lowest BCUT2D eigenvalue weighted by Crippen LogP contribution is -2.34. The molecule has 0 spiro atoms. The van der Waals surface area contributed by atoms with E-state index in [0.29, 0.717) is 12.0 Å². The van der Waals surface area contributed by atoms with Crippen molar-refractivity contribution in [1.29, 1.82) is 0 Å². The summed E-state index contributed by atoms with van der Waals surface area (Å²) >= 11 is 0. The molecule has 5 nitrogen and oxygen atoms in total. The predicted octanol–water partition coefficient (Wildman–Crippen LogP) is 4.01. The van der Waals surface area contributed by atoms with Crippen LogP contribution in [0.2, 0.25) is 0 Å². The quantitative estimate of drug-likeness (QED) is 0.771. The van der Waals surface area contributed by atoms with Crippen molar-refractivity contribution < 1.29 is 0 Å². The Morgan fingerprint density at radius 1 is 1.17 bits per heavy atom. The molecule has 5 heteroatoms. The lowest BCUT2D eigenvalue weighted by atomic mass is 10.00. The van der Waals surface area contributed by atoms with E-state index in [-0.39, 0.29) is 6.04 Å². The molecule has 130 valence electrons. The van der Waals surface area contributed by atoms with Crippen LogP contribution in [0.15, 0.2) is 30.3 Å². The number of benzene rings is 1. The fraction of sp³-hybridized carbons (Fsp3) is 0.632. The Morgan fingerprint density at radius 3 is 2.50 bits per heavy atom. The third-order valence-electron chi connectivity index (χ3n) is 5.11. The zero-order valence-corrected chi connectivity index (χ0v) is 15.1. The number of aromatic nitrogens is 4. The summed E-state index contributed by atoms with van der Waals surface area (Å²) in [6.07, 6.45) is 4.98. The van der Waals surface area contributed by atoms with Gasteiger partial charge in [-0.25, -0.2) is 4.68 Å². The van der Waals surface area contributed by atoms with E-state index in [2.05, 4.69) is 76.2 Å². The van der Waals surface area contributed by atoms with E-state index in [9.17, 15) is 0 Å². The van der Waals surface area contributed by atoms with Crippen molar-refractivity contribution in [2.24, 2.45) is 5.92 Å². The van der Waals surface area contributed by atoms with Gasteiger partial charge >= 0.3 is 0 Å². The van der Waals surface area contributed by atoms with Crippen LogP contribution >= 0.6 is 0 Å². The lowest BCUT2D eigenvalue weighted by Gasteiger charge is -2.33. The molecule has 0 saturated heterocycles. The molecule has 1 fully saturated rings. The molecule has 0 amide bonds. The van der Waals surface area contributed by atoms with E-state index < -0.39 is 0 Å². The minimum atomic E-state index is 0.241. The highest BCUT2D eigenvalue weighted by atomic mass is 15.6. The second-order valence-electron chi connectivity index (χ2n) is 7.16. The monoisotopic (exact) mass is 327 g/mol. The third kappa shape index (κ3) is 3.66. The van der Waals surface area contributed by atoms with Crippen molar-refractivity contribution in [3.63, 3.8) is 0 Å². The molecule has 1 heterocycles. The van der Waals surface area contributed by atoms with E-state index in [1.165, 1.54) is 31.2 Å². The molecule has 1 atom stereocenters. The summed E-state index contributed by atoms with van der Waals surface area (Å²) in [5, 5.41) is 12.8. The summed E-state index contributed by atoms with van der Waals surface area (Å²) in [5.74, 6) is 1.49. The predicted molar refractivity (Wildman–Crippen MR) is 95.4 cm³/mol. The maximum Gasteiger partial charge on any atom is 0.168 e. The molecule has 1 aromatic heterocycles. The Bertz CT molecular complexity index is 616. The van der Waals surface area contributed by atoms with Crippen molar-refractivity contribution in [3.8, 4) is 0 Å². The molecule has 1 unspecified atom stereocenters. The average molecular weight is 327 g/mol. The van der Waals surface area contributed by atoms with Gasteiger partial charge in [-0.05, 0) is 41.3 Å².